The van der Waals surface area contributed by atoms with Gasteiger partial charge in [0.05, 0.1) is 0 Å². The van der Waals surface area contributed by atoms with E-state index in [1.165, 1.54) is 65.6 Å². The van der Waals surface area contributed by atoms with E-state index in [-0.39, 0.29) is 0 Å². The summed E-state index contributed by atoms with van der Waals surface area (Å²) in [6.07, 6.45) is 0. The highest BCUT2D eigenvalue weighted by atomic mass is 35.6. The second-order valence-electron chi connectivity index (χ2n) is 11.0. The predicted octanol–water partition coefficient (Wildman–Crippen LogP) is 8.82. The van der Waals surface area contributed by atoms with Gasteiger partial charge in [0, 0.05) is 0 Å². The molecule has 0 aliphatic rings. The third-order valence-electron chi connectivity index (χ3n) is 7.90. The van der Waals surface area contributed by atoms with Gasteiger partial charge in [0.15, 0.2) is 0 Å². The third kappa shape index (κ3) is 5.57. The Kier molecular flexibility index (Phi) is 7.49. The zero-order valence-electron chi connectivity index (χ0n) is 23.7. The van der Waals surface area contributed by atoms with E-state index in [1.807, 2.05) is 0 Å². The first-order valence-corrected chi connectivity index (χ1v) is 17.1. The summed E-state index contributed by atoms with van der Waals surface area (Å²) in [6.45, 7) is 6.40. The summed E-state index contributed by atoms with van der Waals surface area (Å²) in [5, 5.41) is 3.55. The number of hydrogen-bond acceptors (Lipinski definition) is 0. The SMILES string of the molecule is Cc1cccc(-c2ccc([Si](Cl)(c3ccc(-c4cccc(C)c4)cc3)c3ccc(-c4cccc(C)c4)cc3)cc2)c1. The van der Waals surface area contributed by atoms with Crippen LogP contribution in [0.4, 0.5) is 0 Å². The first-order valence-electron chi connectivity index (χ1n) is 14.1. The molecule has 6 rings (SSSR count). The number of aryl methyl sites for hydroxylation is 3. The lowest BCUT2D eigenvalue weighted by Crippen LogP contribution is -2.62. The quantitative estimate of drug-likeness (QED) is 0.108. The van der Waals surface area contributed by atoms with Gasteiger partial charge in [0.2, 0.25) is 7.38 Å². The van der Waals surface area contributed by atoms with Crippen molar-refractivity contribution in [3.05, 3.63) is 162 Å². The van der Waals surface area contributed by atoms with Gasteiger partial charge >= 0.3 is 0 Å². The molecule has 0 N–H and O–H groups in total. The molecule has 41 heavy (non-hydrogen) atoms. The Hall–Kier alpha value is -4.17. The normalized spacial score (nSPS) is 11.4. The van der Waals surface area contributed by atoms with Crippen molar-refractivity contribution in [2.24, 2.45) is 0 Å². The maximum absolute atomic E-state index is 7.93. The molecular formula is C39H33ClSi. The Morgan fingerprint density at radius 2 is 0.610 bits per heavy atom. The van der Waals surface area contributed by atoms with Crippen molar-refractivity contribution in [2.45, 2.75) is 20.8 Å². The largest absolute Gasteiger partial charge is 0.247 e. The Bertz CT molecular complexity index is 1590. The molecule has 0 aliphatic heterocycles. The van der Waals surface area contributed by atoms with Gasteiger partial charge in [-0.25, -0.2) is 0 Å². The van der Waals surface area contributed by atoms with E-state index < -0.39 is 7.38 Å². The first kappa shape index (κ1) is 27.0. The van der Waals surface area contributed by atoms with Crippen molar-refractivity contribution in [1.29, 1.82) is 0 Å². The van der Waals surface area contributed by atoms with Crippen molar-refractivity contribution in [2.75, 3.05) is 0 Å². The highest BCUT2D eigenvalue weighted by Gasteiger charge is 2.38. The summed E-state index contributed by atoms with van der Waals surface area (Å²) in [5.41, 5.74) is 11.1. The second-order valence-corrected chi connectivity index (χ2v) is 15.7. The fourth-order valence-corrected chi connectivity index (χ4v) is 9.66. The summed E-state index contributed by atoms with van der Waals surface area (Å²) in [4.78, 5) is 0. The fraction of sp³-hybridized carbons (Fsp3) is 0.0769. The zero-order valence-corrected chi connectivity index (χ0v) is 25.5. The van der Waals surface area contributed by atoms with Crippen LogP contribution < -0.4 is 15.6 Å². The molecule has 0 aliphatic carbocycles. The van der Waals surface area contributed by atoms with E-state index in [9.17, 15) is 0 Å². The number of hydrogen-bond donors (Lipinski definition) is 0. The van der Waals surface area contributed by atoms with Gasteiger partial charge < -0.3 is 0 Å². The zero-order chi connectivity index (χ0) is 28.4. The first-order chi connectivity index (χ1) is 19.9. The van der Waals surface area contributed by atoms with Gasteiger partial charge in [-0.3, -0.25) is 0 Å². The van der Waals surface area contributed by atoms with E-state index in [0.29, 0.717) is 0 Å². The van der Waals surface area contributed by atoms with Crippen LogP contribution in [0.25, 0.3) is 33.4 Å². The van der Waals surface area contributed by atoms with Gasteiger partial charge in [-0.15, -0.1) is 11.1 Å². The average Bonchev–Trinajstić information content (AvgIpc) is 3.01. The van der Waals surface area contributed by atoms with Gasteiger partial charge in [0.1, 0.15) is 0 Å². The Morgan fingerprint density at radius 3 is 0.854 bits per heavy atom. The molecule has 200 valence electrons. The van der Waals surface area contributed by atoms with Crippen molar-refractivity contribution in [1.82, 2.24) is 0 Å². The lowest BCUT2D eigenvalue weighted by atomic mass is 10.0. The highest BCUT2D eigenvalue weighted by molar-refractivity contribution is 7.40. The van der Waals surface area contributed by atoms with Crippen LogP contribution in [0.3, 0.4) is 0 Å². The summed E-state index contributed by atoms with van der Waals surface area (Å²) in [6, 6.07) is 52.7. The molecule has 0 radical (unpaired) electrons. The van der Waals surface area contributed by atoms with Crippen LogP contribution in [0.15, 0.2) is 146 Å². The molecule has 0 aromatic heterocycles. The number of benzene rings is 6. The van der Waals surface area contributed by atoms with Crippen molar-refractivity contribution in [3.8, 4) is 33.4 Å². The fourth-order valence-electron chi connectivity index (χ4n) is 5.65. The van der Waals surface area contributed by atoms with Gasteiger partial charge in [0.25, 0.3) is 0 Å². The topological polar surface area (TPSA) is 0 Å². The summed E-state index contributed by atoms with van der Waals surface area (Å²) in [7, 11) is -2.81. The van der Waals surface area contributed by atoms with Crippen LogP contribution in [-0.4, -0.2) is 7.38 Å². The van der Waals surface area contributed by atoms with Gasteiger partial charge in [-0.05, 0) is 69.7 Å². The molecule has 0 amide bonds. The third-order valence-corrected chi connectivity index (χ3v) is 13.3. The van der Waals surface area contributed by atoms with E-state index in [2.05, 4.69) is 166 Å². The monoisotopic (exact) mass is 564 g/mol. The van der Waals surface area contributed by atoms with Crippen LogP contribution >= 0.6 is 11.1 Å². The van der Waals surface area contributed by atoms with E-state index in [0.717, 1.165) is 0 Å². The maximum Gasteiger partial charge on any atom is 0.247 e. The number of rotatable bonds is 6. The molecule has 0 unspecified atom stereocenters. The lowest BCUT2D eigenvalue weighted by molar-refractivity contribution is 1.47. The standard InChI is InChI=1S/C39H33ClSi/c1-28-7-4-10-34(25-28)31-13-19-37(20-14-31)41(40,38-21-15-32(16-22-38)35-11-5-8-29(2)26-35)39-23-17-33(18-24-39)36-12-6-9-30(3)27-36/h4-27H,1-3H3. The van der Waals surface area contributed by atoms with Crippen molar-refractivity contribution in [3.63, 3.8) is 0 Å². The van der Waals surface area contributed by atoms with E-state index in [1.54, 1.807) is 0 Å². The molecule has 0 atom stereocenters. The molecule has 6 aromatic rings. The summed E-state index contributed by atoms with van der Waals surface area (Å²) >= 11 is 7.93. The van der Waals surface area contributed by atoms with E-state index in [4.69, 9.17) is 11.1 Å². The molecule has 0 bridgehead atoms. The minimum absolute atomic E-state index is 1.18. The molecule has 0 heterocycles. The maximum atomic E-state index is 7.93. The summed E-state index contributed by atoms with van der Waals surface area (Å²) < 4.78 is 0. The van der Waals surface area contributed by atoms with Gasteiger partial charge in [-0.2, -0.15) is 0 Å². The molecule has 6 aromatic carbocycles. The van der Waals surface area contributed by atoms with Crippen LogP contribution in [-0.2, 0) is 0 Å². The average molecular weight is 565 g/mol. The Labute approximate surface area is 249 Å². The predicted molar refractivity (Wildman–Crippen MR) is 180 cm³/mol. The molecule has 2 heteroatoms. The van der Waals surface area contributed by atoms with Crippen LogP contribution in [0.2, 0.25) is 0 Å². The van der Waals surface area contributed by atoms with Crippen LogP contribution in [0.1, 0.15) is 16.7 Å². The van der Waals surface area contributed by atoms with Crippen LogP contribution in [0.5, 0.6) is 0 Å². The number of halogens is 1. The molecule has 0 saturated heterocycles. The highest BCUT2D eigenvalue weighted by Crippen LogP contribution is 2.25. The minimum Gasteiger partial charge on any atom is -0.149 e. The van der Waals surface area contributed by atoms with Crippen LogP contribution in [0, 0.1) is 20.8 Å². The lowest BCUT2D eigenvalue weighted by Gasteiger charge is -2.27. The molecule has 0 fully saturated rings. The molecule has 0 saturated carbocycles. The minimum atomic E-state index is -2.81. The molecular weight excluding hydrogens is 532 g/mol. The second kappa shape index (κ2) is 11.4. The summed E-state index contributed by atoms with van der Waals surface area (Å²) in [5.74, 6) is 0. The molecule has 0 nitrogen and oxygen atoms in total. The Balaban J connectivity index is 1.43. The van der Waals surface area contributed by atoms with Gasteiger partial charge in [-0.1, -0.05) is 162 Å². The van der Waals surface area contributed by atoms with E-state index >= 15 is 0 Å². The smallest absolute Gasteiger partial charge is 0.149 e. The molecule has 0 spiro atoms. The van der Waals surface area contributed by atoms with Crippen molar-refractivity contribution < 1.29 is 0 Å². The Morgan fingerprint density at radius 1 is 0.341 bits per heavy atom. The van der Waals surface area contributed by atoms with Crippen molar-refractivity contribution >= 4 is 34.0 Å².